The van der Waals surface area contributed by atoms with E-state index in [0.29, 0.717) is 11.7 Å². The van der Waals surface area contributed by atoms with E-state index in [1.807, 2.05) is 6.07 Å². The molecular formula is C10H15N3. The second-order valence-electron chi connectivity index (χ2n) is 3.52. The second kappa shape index (κ2) is 3.75. The number of piperidine rings is 1. The molecule has 1 aliphatic heterocycles. The SMILES string of the molecule is Nc1ncccc1[C@@H]1CCCNC1. The molecule has 0 aromatic carbocycles. The molecule has 0 unspecified atom stereocenters. The number of nitrogens with zero attached hydrogens (tertiary/aromatic N) is 1. The number of anilines is 1. The number of nitrogen functional groups attached to an aromatic ring is 1. The standard InChI is InChI=1S/C10H15N3/c11-10-9(4-2-6-13-10)8-3-1-5-12-7-8/h2,4,6,8,12H,1,3,5,7H2,(H2,11,13)/t8-/m1/s1. The van der Waals surface area contributed by atoms with Crippen LogP contribution in [0, 0.1) is 0 Å². The van der Waals surface area contributed by atoms with Crippen molar-refractivity contribution >= 4 is 5.82 Å². The molecule has 2 rings (SSSR count). The van der Waals surface area contributed by atoms with Crippen molar-refractivity contribution < 1.29 is 0 Å². The van der Waals surface area contributed by atoms with Crippen molar-refractivity contribution in [3.05, 3.63) is 23.9 Å². The molecule has 1 aromatic rings. The van der Waals surface area contributed by atoms with Gasteiger partial charge in [-0.3, -0.25) is 0 Å². The summed E-state index contributed by atoms with van der Waals surface area (Å²) in [6.07, 6.45) is 4.21. The third kappa shape index (κ3) is 1.80. The van der Waals surface area contributed by atoms with Crippen LogP contribution < -0.4 is 11.1 Å². The van der Waals surface area contributed by atoms with Crippen LogP contribution in [-0.4, -0.2) is 18.1 Å². The maximum atomic E-state index is 5.81. The Labute approximate surface area is 78.4 Å². The van der Waals surface area contributed by atoms with Gasteiger partial charge in [0.15, 0.2) is 0 Å². The Kier molecular flexibility index (Phi) is 2.45. The minimum atomic E-state index is 0.558. The van der Waals surface area contributed by atoms with E-state index in [1.165, 1.54) is 18.4 Å². The van der Waals surface area contributed by atoms with Gasteiger partial charge in [-0.25, -0.2) is 4.98 Å². The molecule has 0 amide bonds. The zero-order valence-electron chi connectivity index (χ0n) is 7.66. The van der Waals surface area contributed by atoms with Crippen LogP contribution in [0.1, 0.15) is 24.3 Å². The minimum absolute atomic E-state index is 0.558. The number of nitrogens with two attached hydrogens (primary N) is 1. The molecule has 1 saturated heterocycles. The fourth-order valence-electron chi connectivity index (χ4n) is 1.89. The summed E-state index contributed by atoms with van der Waals surface area (Å²) in [7, 11) is 0. The summed E-state index contributed by atoms with van der Waals surface area (Å²) < 4.78 is 0. The summed E-state index contributed by atoms with van der Waals surface area (Å²) >= 11 is 0. The fourth-order valence-corrected chi connectivity index (χ4v) is 1.89. The van der Waals surface area contributed by atoms with Gasteiger partial charge < -0.3 is 11.1 Å². The fraction of sp³-hybridized carbons (Fsp3) is 0.500. The largest absolute Gasteiger partial charge is 0.383 e. The summed E-state index contributed by atoms with van der Waals surface area (Å²) in [5, 5.41) is 3.38. The lowest BCUT2D eigenvalue weighted by Crippen LogP contribution is -2.28. The third-order valence-electron chi connectivity index (χ3n) is 2.61. The van der Waals surface area contributed by atoms with Gasteiger partial charge in [-0.05, 0) is 31.0 Å². The van der Waals surface area contributed by atoms with Crippen LogP contribution in [0.3, 0.4) is 0 Å². The lowest BCUT2D eigenvalue weighted by molar-refractivity contribution is 0.462. The molecule has 70 valence electrons. The van der Waals surface area contributed by atoms with Crippen LogP contribution >= 0.6 is 0 Å². The number of pyridine rings is 1. The first-order valence-corrected chi connectivity index (χ1v) is 4.79. The maximum Gasteiger partial charge on any atom is 0.126 e. The quantitative estimate of drug-likeness (QED) is 0.676. The summed E-state index contributed by atoms with van der Waals surface area (Å²) in [6, 6.07) is 4.04. The normalized spacial score (nSPS) is 22.9. The number of aromatic nitrogens is 1. The molecule has 0 spiro atoms. The van der Waals surface area contributed by atoms with Gasteiger partial charge in [0.2, 0.25) is 0 Å². The van der Waals surface area contributed by atoms with Gasteiger partial charge in [0.05, 0.1) is 0 Å². The van der Waals surface area contributed by atoms with Crippen LogP contribution in [0.4, 0.5) is 5.82 Å². The Bertz CT molecular complexity index is 279. The van der Waals surface area contributed by atoms with Crippen LogP contribution in [0.25, 0.3) is 0 Å². The van der Waals surface area contributed by atoms with E-state index < -0.39 is 0 Å². The summed E-state index contributed by atoms with van der Waals surface area (Å²) in [5.41, 5.74) is 7.02. The Morgan fingerprint density at radius 2 is 2.46 bits per heavy atom. The average molecular weight is 177 g/mol. The molecule has 0 saturated carbocycles. The lowest BCUT2D eigenvalue weighted by Gasteiger charge is -2.23. The molecule has 1 fully saturated rings. The highest BCUT2D eigenvalue weighted by Crippen LogP contribution is 2.25. The predicted molar refractivity (Wildman–Crippen MR) is 53.5 cm³/mol. The van der Waals surface area contributed by atoms with Gasteiger partial charge in [-0.1, -0.05) is 6.07 Å². The van der Waals surface area contributed by atoms with Gasteiger partial charge in [-0.2, -0.15) is 0 Å². The van der Waals surface area contributed by atoms with Crippen molar-refractivity contribution in [1.82, 2.24) is 10.3 Å². The van der Waals surface area contributed by atoms with E-state index >= 15 is 0 Å². The first-order valence-electron chi connectivity index (χ1n) is 4.79. The predicted octanol–water partition coefficient (Wildman–Crippen LogP) is 1.13. The zero-order valence-corrected chi connectivity index (χ0v) is 7.66. The summed E-state index contributed by atoms with van der Waals surface area (Å²) in [6.45, 7) is 2.17. The number of nitrogens with one attached hydrogen (secondary N) is 1. The van der Waals surface area contributed by atoms with Gasteiger partial charge in [0.25, 0.3) is 0 Å². The van der Waals surface area contributed by atoms with Crippen LogP contribution in [0.5, 0.6) is 0 Å². The van der Waals surface area contributed by atoms with E-state index in [1.54, 1.807) is 6.20 Å². The highest BCUT2D eigenvalue weighted by atomic mass is 14.9. The average Bonchev–Trinajstić information content (AvgIpc) is 2.20. The molecule has 0 aliphatic carbocycles. The van der Waals surface area contributed by atoms with Crippen molar-refractivity contribution in [2.24, 2.45) is 0 Å². The van der Waals surface area contributed by atoms with Crippen LogP contribution in [0.2, 0.25) is 0 Å². The van der Waals surface area contributed by atoms with Gasteiger partial charge in [0.1, 0.15) is 5.82 Å². The molecule has 3 heteroatoms. The highest BCUT2D eigenvalue weighted by molar-refractivity contribution is 5.41. The molecule has 1 aromatic heterocycles. The molecule has 0 radical (unpaired) electrons. The van der Waals surface area contributed by atoms with Gasteiger partial charge >= 0.3 is 0 Å². The van der Waals surface area contributed by atoms with Gasteiger partial charge in [0, 0.05) is 18.7 Å². The Hall–Kier alpha value is -1.09. The van der Waals surface area contributed by atoms with E-state index in [9.17, 15) is 0 Å². The minimum Gasteiger partial charge on any atom is -0.383 e. The summed E-state index contributed by atoms with van der Waals surface area (Å²) in [4.78, 5) is 4.10. The van der Waals surface area contributed by atoms with E-state index in [4.69, 9.17) is 5.73 Å². The van der Waals surface area contributed by atoms with Gasteiger partial charge in [-0.15, -0.1) is 0 Å². The van der Waals surface area contributed by atoms with E-state index in [2.05, 4.69) is 16.4 Å². The molecular weight excluding hydrogens is 162 g/mol. The number of hydrogen-bond acceptors (Lipinski definition) is 3. The Morgan fingerprint density at radius 3 is 3.15 bits per heavy atom. The van der Waals surface area contributed by atoms with Crippen molar-refractivity contribution in [3.8, 4) is 0 Å². The molecule has 2 heterocycles. The van der Waals surface area contributed by atoms with Crippen LogP contribution in [-0.2, 0) is 0 Å². The molecule has 1 atom stereocenters. The van der Waals surface area contributed by atoms with Crippen molar-refractivity contribution in [3.63, 3.8) is 0 Å². The van der Waals surface area contributed by atoms with Crippen LogP contribution in [0.15, 0.2) is 18.3 Å². The Balaban J connectivity index is 2.18. The Morgan fingerprint density at radius 1 is 1.54 bits per heavy atom. The van der Waals surface area contributed by atoms with E-state index in [-0.39, 0.29) is 0 Å². The molecule has 0 bridgehead atoms. The smallest absolute Gasteiger partial charge is 0.126 e. The van der Waals surface area contributed by atoms with Crippen molar-refractivity contribution in [1.29, 1.82) is 0 Å². The van der Waals surface area contributed by atoms with E-state index in [0.717, 1.165) is 13.1 Å². The first-order chi connectivity index (χ1) is 6.38. The topological polar surface area (TPSA) is 50.9 Å². The third-order valence-corrected chi connectivity index (χ3v) is 2.61. The van der Waals surface area contributed by atoms with Crippen molar-refractivity contribution in [2.45, 2.75) is 18.8 Å². The first kappa shape index (κ1) is 8.51. The zero-order chi connectivity index (χ0) is 9.10. The van der Waals surface area contributed by atoms with Crippen molar-refractivity contribution in [2.75, 3.05) is 18.8 Å². The highest BCUT2D eigenvalue weighted by Gasteiger charge is 2.17. The molecule has 1 aliphatic rings. The summed E-state index contributed by atoms with van der Waals surface area (Å²) in [5.74, 6) is 1.25. The number of rotatable bonds is 1. The second-order valence-corrected chi connectivity index (χ2v) is 3.52. The maximum absolute atomic E-state index is 5.81. The number of hydrogen-bond donors (Lipinski definition) is 2. The lowest BCUT2D eigenvalue weighted by atomic mass is 9.92. The molecule has 13 heavy (non-hydrogen) atoms. The monoisotopic (exact) mass is 177 g/mol. The molecule has 3 nitrogen and oxygen atoms in total. The molecule has 3 N–H and O–H groups in total.